The van der Waals surface area contributed by atoms with E-state index in [0.717, 1.165) is 19.4 Å². The molecule has 1 unspecified atom stereocenters. The molecule has 94 valence electrons. The van der Waals surface area contributed by atoms with Crippen LogP contribution in [0.4, 0.5) is 0 Å². The van der Waals surface area contributed by atoms with E-state index < -0.39 is 5.54 Å². The highest BCUT2D eigenvalue weighted by atomic mass is 16.5. The number of carbonyl (C=O) groups excluding carboxylic acids is 1. The average molecular weight is 230 g/mol. The number of hydrogen-bond donors (Lipinski definition) is 2. The fraction of sp³-hybridized carbons (Fsp3) is 0.909. The number of nitrogens with two attached hydrogens (primary N) is 1. The van der Waals surface area contributed by atoms with Gasteiger partial charge < -0.3 is 20.5 Å². The summed E-state index contributed by atoms with van der Waals surface area (Å²) in [5.74, 6) is -0.128. The van der Waals surface area contributed by atoms with Gasteiger partial charge in [-0.3, -0.25) is 4.79 Å². The van der Waals surface area contributed by atoms with Gasteiger partial charge in [0, 0.05) is 19.8 Å². The van der Waals surface area contributed by atoms with Crippen molar-refractivity contribution >= 4 is 5.91 Å². The standard InChI is InChI=1S/C11H22N2O3/c1-11(2,12)10(14)13-5-3-6-16-9-4-7-15-8-9/h9H,3-8,12H2,1-2H3,(H,13,14). The van der Waals surface area contributed by atoms with Crippen molar-refractivity contribution in [3.8, 4) is 0 Å². The molecule has 0 radical (unpaired) electrons. The number of hydrogen-bond acceptors (Lipinski definition) is 4. The first kappa shape index (κ1) is 13.4. The Balaban J connectivity index is 1.97. The van der Waals surface area contributed by atoms with E-state index in [1.54, 1.807) is 13.8 Å². The van der Waals surface area contributed by atoms with Crippen LogP contribution < -0.4 is 11.1 Å². The van der Waals surface area contributed by atoms with Gasteiger partial charge in [0.05, 0.1) is 18.2 Å². The Kier molecular flexibility index (Phi) is 5.18. The van der Waals surface area contributed by atoms with E-state index in [-0.39, 0.29) is 12.0 Å². The Morgan fingerprint density at radius 3 is 2.94 bits per heavy atom. The predicted molar refractivity (Wildman–Crippen MR) is 61.1 cm³/mol. The Hall–Kier alpha value is -0.650. The SMILES string of the molecule is CC(C)(N)C(=O)NCCCOC1CCOC1. The van der Waals surface area contributed by atoms with Gasteiger partial charge in [-0.1, -0.05) is 0 Å². The minimum atomic E-state index is -0.805. The molecule has 3 N–H and O–H groups in total. The molecule has 1 aliphatic heterocycles. The molecule has 0 bridgehead atoms. The van der Waals surface area contributed by atoms with Gasteiger partial charge in [0.1, 0.15) is 0 Å². The molecular formula is C11H22N2O3. The van der Waals surface area contributed by atoms with E-state index in [4.69, 9.17) is 15.2 Å². The van der Waals surface area contributed by atoms with Crippen LogP contribution in [0.3, 0.4) is 0 Å². The van der Waals surface area contributed by atoms with Crippen LogP contribution in [0.5, 0.6) is 0 Å². The molecule has 0 spiro atoms. The molecular weight excluding hydrogens is 208 g/mol. The van der Waals surface area contributed by atoms with E-state index >= 15 is 0 Å². The van der Waals surface area contributed by atoms with Gasteiger partial charge in [-0.05, 0) is 26.7 Å². The second-order valence-corrected chi connectivity index (χ2v) is 4.69. The van der Waals surface area contributed by atoms with Gasteiger partial charge >= 0.3 is 0 Å². The summed E-state index contributed by atoms with van der Waals surface area (Å²) in [6.45, 7) is 6.13. The van der Waals surface area contributed by atoms with Gasteiger partial charge in [0.15, 0.2) is 0 Å². The second-order valence-electron chi connectivity index (χ2n) is 4.69. The largest absolute Gasteiger partial charge is 0.379 e. The molecule has 1 aliphatic rings. The molecule has 16 heavy (non-hydrogen) atoms. The zero-order valence-electron chi connectivity index (χ0n) is 10.1. The molecule has 1 saturated heterocycles. The summed E-state index contributed by atoms with van der Waals surface area (Å²) < 4.78 is 10.7. The van der Waals surface area contributed by atoms with Crippen molar-refractivity contribution in [1.82, 2.24) is 5.32 Å². The average Bonchev–Trinajstić information content (AvgIpc) is 2.68. The summed E-state index contributed by atoms with van der Waals surface area (Å²) >= 11 is 0. The maximum atomic E-state index is 11.4. The molecule has 1 amide bonds. The number of amides is 1. The van der Waals surface area contributed by atoms with E-state index in [0.29, 0.717) is 19.8 Å². The lowest BCUT2D eigenvalue weighted by atomic mass is 10.1. The smallest absolute Gasteiger partial charge is 0.239 e. The quantitative estimate of drug-likeness (QED) is 0.632. The van der Waals surface area contributed by atoms with E-state index in [9.17, 15) is 4.79 Å². The van der Waals surface area contributed by atoms with Gasteiger partial charge in [0.25, 0.3) is 0 Å². The first-order valence-corrected chi connectivity index (χ1v) is 5.76. The molecule has 1 heterocycles. The third-order valence-corrected chi connectivity index (χ3v) is 2.43. The van der Waals surface area contributed by atoms with E-state index in [2.05, 4.69) is 5.32 Å². The summed E-state index contributed by atoms with van der Waals surface area (Å²) in [4.78, 5) is 11.4. The van der Waals surface area contributed by atoms with Gasteiger partial charge in [0.2, 0.25) is 5.91 Å². The topological polar surface area (TPSA) is 73.6 Å². The Morgan fingerprint density at radius 1 is 1.62 bits per heavy atom. The molecule has 5 nitrogen and oxygen atoms in total. The minimum absolute atomic E-state index is 0.128. The van der Waals surface area contributed by atoms with Crippen LogP contribution in [0, 0.1) is 0 Å². The Bertz CT molecular complexity index is 220. The van der Waals surface area contributed by atoms with Crippen LogP contribution >= 0.6 is 0 Å². The maximum absolute atomic E-state index is 11.4. The third kappa shape index (κ3) is 4.92. The van der Waals surface area contributed by atoms with Gasteiger partial charge in [-0.2, -0.15) is 0 Å². The fourth-order valence-corrected chi connectivity index (χ4v) is 1.40. The molecule has 0 aromatic heterocycles. The predicted octanol–water partition coefficient (Wildman–Crippen LogP) is 0.0355. The highest BCUT2D eigenvalue weighted by Crippen LogP contribution is 2.07. The zero-order valence-corrected chi connectivity index (χ0v) is 10.1. The highest BCUT2D eigenvalue weighted by Gasteiger charge is 2.21. The number of nitrogens with one attached hydrogen (secondary N) is 1. The van der Waals surface area contributed by atoms with Crippen molar-refractivity contribution in [3.05, 3.63) is 0 Å². The van der Waals surface area contributed by atoms with Crippen LogP contribution in [0.1, 0.15) is 26.7 Å². The summed E-state index contributed by atoms with van der Waals surface area (Å²) in [6.07, 6.45) is 2.02. The summed E-state index contributed by atoms with van der Waals surface area (Å²) in [5.41, 5.74) is 4.83. The second kappa shape index (κ2) is 6.18. The lowest BCUT2D eigenvalue weighted by molar-refractivity contribution is -0.125. The molecule has 0 aromatic rings. The monoisotopic (exact) mass is 230 g/mol. The molecule has 5 heteroatoms. The molecule has 1 fully saturated rings. The Labute approximate surface area is 96.7 Å². The van der Waals surface area contributed by atoms with E-state index in [1.807, 2.05) is 0 Å². The number of carbonyl (C=O) groups is 1. The minimum Gasteiger partial charge on any atom is -0.379 e. The fourth-order valence-electron chi connectivity index (χ4n) is 1.40. The molecule has 0 saturated carbocycles. The zero-order chi connectivity index (χ0) is 12.0. The van der Waals surface area contributed by atoms with Crippen LogP contribution in [-0.2, 0) is 14.3 Å². The van der Waals surface area contributed by atoms with Crippen molar-refractivity contribution in [2.24, 2.45) is 5.73 Å². The van der Waals surface area contributed by atoms with Crippen LogP contribution in [-0.4, -0.2) is 43.9 Å². The molecule has 1 rings (SSSR count). The van der Waals surface area contributed by atoms with Crippen molar-refractivity contribution in [3.63, 3.8) is 0 Å². The lowest BCUT2D eigenvalue weighted by Crippen LogP contribution is -2.49. The molecule has 0 aromatic carbocycles. The lowest BCUT2D eigenvalue weighted by Gasteiger charge is -2.17. The van der Waals surface area contributed by atoms with Crippen LogP contribution in [0.15, 0.2) is 0 Å². The summed E-state index contributed by atoms with van der Waals surface area (Å²) in [6, 6.07) is 0. The van der Waals surface area contributed by atoms with E-state index in [1.165, 1.54) is 0 Å². The van der Waals surface area contributed by atoms with Crippen LogP contribution in [0.25, 0.3) is 0 Å². The van der Waals surface area contributed by atoms with Crippen molar-refractivity contribution in [2.75, 3.05) is 26.4 Å². The molecule has 0 aliphatic carbocycles. The summed E-state index contributed by atoms with van der Waals surface area (Å²) in [5, 5.41) is 2.77. The number of rotatable bonds is 6. The summed E-state index contributed by atoms with van der Waals surface area (Å²) in [7, 11) is 0. The van der Waals surface area contributed by atoms with Crippen molar-refractivity contribution < 1.29 is 14.3 Å². The normalized spacial score (nSPS) is 21.1. The first-order valence-electron chi connectivity index (χ1n) is 5.76. The van der Waals surface area contributed by atoms with Gasteiger partial charge in [-0.25, -0.2) is 0 Å². The molecule has 1 atom stereocenters. The highest BCUT2D eigenvalue weighted by molar-refractivity contribution is 5.84. The number of ether oxygens (including phenoxy) is 2. The maximum Gasteiger partial charge on any atom is 0.239 e. The Morgan fingerprint density at radius 2 is 2.38 bits per heavy atom. The van der Waals surface area contributed by atoms with Crippen molar-refractivity contribution in [2.45, 2.75) is 38.3 Å². The third-order valence-electron chi connectivity index (χ3n) is 2.43. The van der Waals surface area contributed by atoms with Gasteiger partial charge in [-0.15, -0.1) is 0 Å². The van der Waals surface area contributed by atoms with Crippen LogP contribution in [0.2, 0.25) is 0 Å². The van der Waals surface area contributed by atoms with Crippen molar-refractivity contribution in [1.29, 1.82) is 0 Å². The first-order chi connectivity index (χ1) is 7.50.